The van der Waals surface area contributed by atoms with Crippen LogP contribution in [0.3, 0.4) is 0 Å². The SMILES string of the molecule is CC(=O)N1CCC(C(C)(C)C)CC12CCC2. The summed E-state index contributed by atoms with van der Waals surface area (Å²) in [6, 6.07) is 0. The average Bonchev–Trinajstić information content (AvgIpc) is 2.12. The monoisotopic (exact) mass is 223 g/mol. The third-order valence-electron chi connectivity index (χ3n) is 4.79. The Morgan fingerprint density at radius 1 is 1.31 bits per heavy atom. The number of nitrogens with zero attached hydrogens (tertiary/aromatic N) is 1. The molecule has 1 aliphatic carbocycles. The maximum absolute atomic E-state index is 11.7. The van der Waals surface area contributed by atoms with Gasteiger partial charge in [-0.15, -0.1) is 0 Å². The second-order valence-corrected chi connectivity index (χ2v) is 6.80. The van der Waals surface area contributed by atoms with Crippen molar-refractivity contribution in [2.75, 3.05) is 6.54 Å². The van der Waals surface area contributed by atoms with Crippen LogP contribution in [0.15, 0.2) is 0 Å². The zero-order valence-corrected chi connectivity index (χ0v) is 11.2. The molecule has 1 unspecified atom stereocenters. The molecule has 2 rings (SSSR count). The highest BCUT2D eigenvalue weighted by Gasteiger charge is 2.49. The van der Waals surface area contributed by atoms with E-state index in [0.29, 0.717) is 5.41 Å². The first-order chi connectivity index (χ1) is 7.35. The van der Waals surface area contributed by atoms with Crippen molar-refractivity contribution < 1.29 is 4.79 Å². The quantitative estimate of drug-likeness (QED) is 0.617. The first kappa shape index (κ1) is 11.9. The summed E-state index contributed by atoms with van der Waals surface area (Å²) >= 11 is 0. The molecular weight excluding hydrogens is 198 g/mol. The maximum atomic E-state index is 11.7. The zero-order chi connectivity index (χ0) is 12.0. The number of amides is 1. The van der Waals surface area contributed by atoms with E-state index in [1.54, 1.807) is 6.92 Å². The van der Waals surface area contributed by atoms with Crippen LogP contribution in [0.2, 0.25) is 0 Å². The van der Waals surface area contributed by atoms with Gasteiger partial charge in [0, 0.05) is 19.0 Å². The first-order valence-electron chi connectivity index (χ1n) is 6.63. The van der Waals surface area contributed by atoms with Crippen molar-refractivity contribution in [2.45, 2.75) is 65.3 Å². The molecule has 1 saturated heterocycles. The van der Waals surface area contributed by atoms with E-state index in [2.05, 4.69) is 25.7 Å². The van der Waals surface area contributed by atoms with Crippen LogP contribution in [0.1, 0.15) is 59.8 Å². The molecular formula is C14H25NO. The number of hydrogen-bond acceptors (Lipinski definition) is 1. The summed E-state index contributed by atoms with van der Waals surface area (Å²) in [6.07, 6.45) is 6.19. The van der Waals surface area contributed by atoms with Gasteiger partial charge >= 0.3 is 0 Å². The van der Waals surface area contributed by atoms with E-state index in [1.807, 2.05) is 0 Å². The molecule has 1 amide bonds. The lowest BCUT2D eigenvalue weighted by Crippen LogP contribution is -2.60. The van der Waals surface area contributed by atoms with Crippen LogP contribution in [0, 0.1) is 11.3 Å². The molecule has 0 N–H and O–H groups in total. The minimum absolute atomic E-state index is 0.252. The van der Waals surface area contributed by atoms with E-state index in [-0.39, 0.29) is 11.4 Å². The van der Waals surface area contributed by atoms with Crippen molar-refractivity contribution >= 4 is 5.91 Å². The van der Waals surface area contributed by atoms with Crippen LogP contribution in [-0.4, -0.2) is 22.9 Å². The van der Waals surface area contributed by atoms with Gasteiger partial charge in [0.2, 0.25) is 5.91 Å². The Bertz CT molecular complexity index is 286. The maximum Gasteiger partial charge on any atom is 0.219 e. The zero-order valence-electron chi connectivity index (χ0n) is 11.2. The minimum atomic E-state index is 0.252. The van der Waals surface area contributed by atoms with Crippen molar-refractivity contribution in [3.8, 4) is 0 Å². The third-order valence-corrected chi connectivity index (χ3v) is 4.79. The molecule has 2 nitrogen and oxygen atoms in total. The largest absolute Gasteiger partial charge is 0.337 e. The standard InChI is InChI=1S/C14H25NO/c1-11(16)15-9-6-12(13(2,3)4)10-14(15)7-5-8-14/h12H,5-10H2,1-4H3. The normalized spacial score (nSPS) is 29.0. The van der Waals surface area contributed by atoms with Crippen LogP contribution in [0.5, 0.6) is 0 Å². The smallest absolute Gasteiger partial charge is 0.219 e. The summed E-state index contributed by atoms with van der Waals surface area (Å²) < 4.78 is 0. The average molecular weight is 223 g/mol. The van der Waals surface area contributed by atoms with Crippen LogP contribution in [0.25, 0.3) is 0 Å². The molecule has 1 aliphatic heterocycles. The van der Waals surface area contributed by atoms with Crippen molar-refractivity contribution in [3.05, 3.63) is 0 Å². The minimum Gasteiger partial charge on any atom is -0.337 e. The summed E-state index contributed by atoms with van der Waals surface area (Å²) in [6.45, 7) is 9.74. The van der Waals surface area contributed by atoms with Gasteiger partial charge in [0.05, 0.1) is 0 Å². The highest BCUT2D eigenvalue weighted by Crippen LogP contribution is 2.50. The van der Waals surface area contributed by atoms with Gasteiger partial charge in [0.25, 0.3) is 0 Å². The van der Waals surface area contributed by atoms with Gasteiger partial charge in [-0.2, -0.15) is 0 Å². The number of carbonyl (C=O) groups is 1. The van der Waals surface area contributed by atoms with Crippen LogP contribution >= 0.6 is 0 Å². The fraction of sp³-hybridized carbons (Fsp3) is 0.929. The molecule has 2 aliphatic rings. The highest BCUT2D eigenvalue weighted by atomic mass is 16.2. The van der Waals surface area contributed by atoms with E-state index in [4.69, 9.17) is 0 Å². The van der Waals surface area contributed by atoms with Crippen LogP contribution in [-0.2, 0) is 4.79 Å². The summed E-state index contributed by atoms with van der Waals surface area (Å²) in [7, 11) is 0. The van der Waals surface area contributed by atoms with E-state index in [0.717, 1.165) is 12.5 Å². The van der Waals surface area contributed by atoms with E-state index in [9.17, 15) is 4.79 Å². The van der Waals surface area contributed by atoms with Gasteiger partial charge in [0.15, 0.2) is 0 Å². The van der Waals surface area contributed by atoms with Gasteiger partial charge in [0.1, 0.15) is 0 Å². The molecule has 2 fully saturated rings. The summed E-state index contributed by atoms with van der Waals surface area (Å²) in [4.78, 5) is 13.9. The molecule has 16 heavy (non-hydrogen) atoms. The Hall–Kier alpha value is -0.530. The first-order valence-corrected chi connectivity index (χ1v) is 6.63. The fourth-order valence-electron chi connectivity index (χ4n) is 3.48. The van der Waals surface area contributed by atoms with Crippen LogP contribution < -0.4 is 0 Å². The molecule has 0 aromatic carbocycles. The summed E-state index contributed by atoms with van der Waals surface area (Å²) in [5.41, 5.74) is 0.646. The van der Waals surface area contributed by atoms with E-state index in [1.165, 1.54) is 32.1 Å². The van der Waals surface area contributed by atoms with Crippen molar-refractivity contribution in [2.24, 2.45) is 11.3 Å². The number of carbonyl (C=O) groups excluding carboxylic acids is 1. The Labute approximate surface area is 99.4 Å². The Balaban J connectivity index is 2.13. The summed E-state index contributed by atoms with van der Waals surface area (Å²) in [5.74, 6) is 1.07. The second-order valence-electron chi connectivity index (χ2n) is 6.80. The van der Waals surface area contributed by atoms with Crippen molar-refractivity contribution in [1.82, 2.24) is 4.90 Å². The number of hydrogen-bond donors (Lipinski definition) is 0. The lowest BCUT2D eigenvalue weighted by Gasteiger charge is -2.57. The lowest BCUT2D eigenvalue weighted by atomic mass is 9.62. The highest BCUT2D eigenvalue weighted by molar-refractivity contribution is 5.74. The van der Waals surface area contributed by atoms with Crippen LogP contribution in [0.4, 0.5) is 0 Å². The number of rotatable bonds is 0. The predicted molar refractivity (Wildman–Crippen MR) is 66.1 cm³/mol. The molecule has 1 saturated carbocycles. The molecule has 92 valence electrons. The Morgan fingerprint density at radius 3 is 2.31 bits per heavy atom. The summed E-state index contributed by atoms with van der Waals surface area (Å²) in [5, 5.41) is 0. The number of piperidine rings is 1. The molecule has 0 radical (unpaired) electrons. The van der Waals surface area contributed by atoms with Crippen molar-refractivity contribution in [3.63, 3.8) is 0 Å². The molecule has 1 atom stereocenters. The molecule has 0 bridgehead atoms. The Kier molecular flexibility index (Phi) is 2.80. The molecule has 0 aromatic rings. The Morgan fingerprint density at radius 2 is 1.94 bits per heavy atom. The van der Waals surface area contributed by atoms with Crippen molar-refractivity contribution in [1.29, 1.82) is 0 Å². The molecule has 0 aromatic heterocycles. The second kappa shape index (κ2) is 3.75. The predicted octanol–water partition coefficient (Wildman–Crippen LogP) is 3.21. The molecule has 2 heteroatoms. The van der Waals surface area contributed by atoms with E-state index < -0.39 is 0 Å². The third kappa shape index (κ3) is 1.87. The van der Waals surface area contributed by atoms with E-state index >= 15 is 0 Å². The topological polar surface area (TPSA) is 20.3 Å². The molecule has 1 spiro atoms. The number of likely N-dealkylation sites (tertiary alicyclic amines) is 1. The van der Waals surface area contributed by atoms with Gasteiger partial charge < -0.3 is 4.90 Å². The fourth-order valence-corrected chi connectivity index (χ4v) is 3.48. The van der Waals surface area contributed by atoms with Gasteiger partial charge in [-0.05, 0) is 43.4 Å². The van der Waals surface area contributed by atoms with Gasteiger partial charge in [-0.1, -0.05) is 20.8 Å². The molecule has 1 heterocycles. The van der Waals surface area contributed by atoms with Gasteiger partial charge in [-0.3, -0.25) is 4.79 Å². The lowest BCUT2D eigenvalue weighted by molar-refractivity contribution is -0.146. The van der Waals surface area contributed by atoms with Gasteiger partial charge in [-0.25, -0.2) is 0 Å².